The van der Waals surface area contributed by atoms with Gasteiger partial charge in [-0.1, -0.05) is 19.9 Å². The summed E-state index contributed by atoms with van der Waals surface area (Å²) in [4.78, 5) is 35.6. The molecule has 2 heterocycles. The van der Waals surface area contributed by atoms with Gasteiger partial charge in [0.1, 0.15) is 19.4 Å². The normalized spacial score (nSPS) is 11.9. The van der Waals surface area contributed by atoms with Gasteiger partial charge in [-0.2, -0.15) is 0 Å². The van der Waals surface area contributed by atoms with Crippen molar-refractivity contribution in [2.75, 3.05) is 19.1 Å². The fourth-order valence-electron chi connectivity index (χ4n) is 3.63. The average molecular weight is 471 g/mol. The van der Waals surface area contributed by atoms with E-state index in [1.54, 1.807) is 42.6 Å². The van der Waals surface area contributed by atoms with E-state index in [1.807, 2.05) is 58.1 Å². The first-order valence-electron chi connectivity index (χ1n) is 11.5. The molecule has 2 aromatic heterocycles. The molecule has 0 aliphatic carbocycles. The second-order valence-corrected chi connectivity index (χ2v) is 8.55. The molecule has 1 atom stereocenters. The summed E-state index contributed by atoms with van der Waals surface area (Å²) in [6.07, 6.45) is 6.77. The molecule has 8 heteroatoms. The Bertz CT molecular complexity index is 1180. The summed E-state index contributed by atoms with van der Waals surface area (Å²) in [5, 5.41) is 0. The molecule has 0 saturated carbocycles. The van der Waals surface area contributed by atoms with Crippen molar-refractivity contribution in [3.05, 3.63) is 78.1 Å². The maximum atomic E-state index is 13.3. The van der Waals surface area contributed by atoms with Crippen molar-refractivity contribution in [1.82, 2.24) is 9.97 Å². The highest BCUT2D eigenvalue weighted by Crippen LogP contribution is 2.28. The highest BCUT2D eigenvalue weighted by molar-refractivity contribution is 6.17. The number of pyridine rings is 2. The SMILES string of the molecule is BC(c1ccc(-c2ccc(OC)cc2)nc1)N(C(=O)CC(C)C)c1cc(/C=C/C(=O)OC)ccn1. The van der Waals surface area contributed by atoms with E-state index in [9.17, 15) is 9.59 Å². The maximum absolute atomic E-state index is 13.3. The second-order valence-electron chi connectivity index (χ2n) is 8.55. The monoisotopic (exact) mass is 471 g/mol. The van der Waals surface area contributed by atoms with Gasteiger partial charge in [0.15, 0.2) is 0 Å². The molecule has 0 bridgehead atoms. The van der Waals surface area contributed by atoms with E-state index in [1.165, 1.54) is 13.2 Å². The van der Waals surface area contributed by atoms with Gasteiger partial charge in [-0.25, -0.2) is 9.78 Å². The topological polar surface area (TPSA) is 81.6 Å². The van der Waals surface area contributed by atoms with E-state index in [0.29, 0.717) is 12.2 Å². The molecule has 0 spiro atoms. The minimum Gasteiger partial charge on any atom is -0.497 e. The van der Waals surface area contributed by atoms with Gasteiger partial charge >= 0.3 is 5.97 Å². The van der Waals surface area contributed by atoms with E-state index in [2.05, 4.69) is 14.7 Å². The quantitative estimate of drug-likeness (QED) is 0.266. The van der Waals surface area contributed by atoms with Gasteiger partial charge in [-0.3, -0.25) is 14.7 Å². The van der Waals surface area contributed by atoms with E-state index in [-0.39, 0.29) is 17.8 Å². The van der Waals surface area contributed by atoms with Crippen molar-refractivity contribution in [3.63, 3.8) is 0 Å². The van der Waals surface area contributed by atoms with Crippen LogP contribution in [-0.2, 0) is 14.3 Å². The average Bonchev–Trinajstić information content (AvgIpc) is 2.87. The van der Waals surface area contributed by atoms with E-state index < -0.39 is 5.97 Å². The molecule has 1 aromatic carbocycles. The predicted octanol–water partition coefficient (Wildman–Crippen LogP) is 4.05. The Hall–Kier alpha value is -3.94. The van der Waals surface area contributed by atoms with Crippen LogP contribution in [0.3, 0.4) is 0 Å². The Morgan fingerprint density at radius 2 is 1.80 bits per heavy atom. The summed E-state index contributed by atoms with van der Waals surface area (Å²) in [6.45, 7) is 4.02. The number of methoxy groups -OCH3 is 2. The van der Waals surface area contributed by atoms with Gasteiger partial charge in [0.25, 0.3) is 0 Å². The Morgan fingerprint density at radius 3 is 2.40 bits per heavy atom. The molecule has 7 nitrogen and oxygen atoms in total. The molecule has 3 rings (SSSR count). The number of nitrogens with zero attached hydrogens (tertiary/aromatic N) is 3. The van der Waals surface area contributed by atoms with Crippen LogP contribution in [0, 0.1) is 5.92 Å². The summed E-state index contributed by atoms with van der Waals surface area (Å²) < 4.78 is 9.89. The van der Waals surface area contributed by atoms with Crippen LogP contribution in [0.4, 0.5) is 5.82 Å². The van der Waals surface area contributed by atoms with Crippen LogP contribution in [0.1, 0.15) is 37.3 Å². The molecule has 0 fully saturated rings. The molecule has 0 aliphatic rings. The number of carbonyl (C=O) groups is 2. The number of anilines is 1. The zero-order valence-electron chi connectivity index (χ0n) is 20.8. The summed E-state index contributed by atoms with van der Waals surface area (Å²) in [5.41, 5.74) is 3.43. The number of aromatic nitrogens is 2. The molecular formula is C27H30BN3O4. The van der Waals surface area contributed by atoms with Gasteiger partial charge in [-0.15, -0.1) is 0 Å². The third kappa shape index (κ3) is 6.79. The molecule has 1 unspecified atom stereocenters. The number of hydrogen-bond donors (Lipinski definition) is 0. The lowest BCUT2D eigenvalue weighted by Gasteiger charge is -2.30. The molecule has 0 radical (unpaired) electrons. The van der Waals surface area contributed by atoms with Crippen LogP contribution < -0.4 is 9.64 Å². The molecule has 3 aromatic rings. The minimum absolute atomic E-state index is 0.0340. The molecule has 35 heavy (non-hydrogen) atoms. The molecule has 180 valence electrons. The van der Waals surface area contributed by atoms with Gasteiger partial charge in [-0.05, 0) is 65.6 Å². The zero-order valence-corrected chi connectivity index (χ0v) is 20.8. The van der Waals surface area contributed by atoms with Crippen LogP contribution in [-0.4, -0.2) is 43.9 Å². The Kier molecular flexibility index (Phi) is 8.78. The summed E-state index contributed by atoms with van der Waals surface area (Å²) in [7, 11) is 4.92. The van der Waals surface area contributed by atoms with Crippen molar-refractivity contribution in [3.8, 4) is 17.0 Å². The first kappa shape index (κ1) is 25.7. The molecule has 0 aliphatic heterocycles. The van der Waals surface area contributed by atoms with Crippen molar-refractivity contribution in [1.29, 1.82) is 0 Å². The first-order valence-corrected chi connectivity index (χ1v) is 11.5. The number of amides is 1. The van der Waals surface area contributed by atoms with Crippen molar-refractivity contribution >= 4 is 31.6 Å². The highest BCUT2D eigenvalue weighted by Gasteiger charge is 2.25. The third-order valence-corrected chi connectivity index (χ3v) is 5.52. The van der Waals surface area contributed by atoms with Gasteiger partial charge in [0.05, 0.1) is 19.9 Å². The second kappa shape index (κ2) is 12.0. The van der Waals surface area contributed by atoms with Gasteiger partial charge in [0.2, 0.25) is 5.91 Å². The Balaban J connectivity index is 1.91. The van der Waals surface area contributed by atoms with Gasteiger partial charge in [0, 0.05) is 36.4 Å². The minimum atomic E-state index is -0.451. The lowest BCUT2D eigenvalue weighted by atomic mass is 9.87. The van der Waals surface area contributed by atoms with Crippen LogP contribution >= 0.6 is 0 Å². The van der Waals surface area contributed by atoms with Crippen LogP contribution in [0.2, 0.25) is 0 Å². The number of ether oxygens (including phenoxy) is 2. The summed E-state index contributed by atoms with van der Waals surface area (Å²) in [5.74, 6) is 0.700. The number of benzene rings is 1. The molecule has 0 N–H and O–H groups in total. The largest absolute Gasteiger partial charge is 0.497 e. The predicted molar refractivity (Wildman–Crippen MR) is 140 cm³/mol. The van der Waals surface area contributed by atoms with Crippen molar-refractivity contribution in [2.24, 2.45) is 5.92 Å². The van der Waals surface area contributed by atoms with E-state index in [0.717, 1.165) is 28.1 Å². The standard InChI is InChI=1S/C27H30BN3O4/c1-18(2)15-25(32)31(24-16-19(13-14-29-24)5-12-26(33)35-4)27(28)21-8-11-23(30-17-21)20-6-9-22(34-3)10-7-20/h5-14,16-18,27H,15,28H2,1-4H3/b12-5+. The zero-order chi connectivity index (χ0) is 25.4. The van der Waals surface area contributed by atoms with Gasteiger partial charge < -0.3 is 9.47 Å². The molecule has 1 amide bonds. The van der Waals surface area contributed by atoms with Crippen LogP contribution in [0.25, 0.3) is 17.3 Å². The summed E-state index contributed by atoms with van der Waals surface area (Å²) >= 11 is 0. The van der Waals surface area contributed by atoms with E-state index >= 15 is 0 Å². The van der Waals surface area contributed by atoms with E-state index in [4.69, 9.17) is 4.74 Å². The number of rotatable bonds is 9. The third-order valence-electron chi connectivity index (χ3n) is 5.52. The maximum Gasteiger partial charge on any atom is 0.330 e. The van der Waals surface area contributed by atoms with Crippen LogP contribution in [0.5, 0.6) is 5.75 Å². The number of carbonyl (C=O) groups excluding carboxylic acids is 2. The van der Waals surface area contributed by atoms with Crippen molar-refractivity contribution in [2.45, 2.75) is 26.2 Å². The number of hydrogen-bond acceptors (Lipinski definition) is 6. The number of esters is 1. The lowest BCUT2D eigenvalue weighted by Crippen LogP contribution is -2.36. The summed E-state index contributed by atoms with van der Waals surface area (Å²) in [6, 6.07) is 15.2. The smallest absolute Gasteiger partial charge is 0.330 e. The molecular weight excluding hydrogens is 441 g/mol. The highest BCUT2D eigenvalue weighted by atomic mass is 16.5. The fraction of sp³-hybridized carbons (Fsp3) is 0.259. The molecule has 0 saturated heterocycles. The lowest BCUT2D eigenvalue weighted by molar-refractivity contribution is -0.134. The Morgan fingerprint density at radius 1 is 1.06 bits per heavy atom. The Labute approximate surface area is 207 Å². The fourth-order valence-corrected chi connectivity index (χ4v) is 3.63. The van der Waals surface area contributed by atoms with Crippen LogP contribution in [0.15, 0.2) is 67.0 Å². The first-order chi connectivity index (χ1) is 16.8. The van der Waals surface area contributed by atoms with Crippen molar-refractivity contribution < 1.29 is 19.1 Å².